The van der Waals surface area contributed by atoms with E-state index in [4.69, 9.17) is 16.3 Å². The van der Waals surface area contributed by atoms with Gasteiger partial charge in [-0.3, -0.25) is 9.59 Å². The summed E-state index contributed by atoms with van der Waals surface area (Å²) in [5.41, 5.74) is 3.33. The van der Waals surface area contributed by atoms with E-state index in [9.17, 15) is 9.59 Å². The maximum absolute atomic E-state index is 13.1. The van der Waals surface area contributed by atoms with E-state index in [-0.39, 0.29) is 17.9 Å². The first-order valence-corrected chi connectivity index (χ1v) is 10.8. The van der Waals surface area contributed by atoms with Crippen molar-refractivity contribution in [1.82, 2.24) is 19.6 Å². The molecule has 0 aliphatic carbocycles. The molecule has 0 unspecified atom stereocenters. The van der Waals surface area contributed by atoms with Crippen molar-refractivity contribution in [3.8, 4) is 0 Å². The molecule has 2 aliphatic rings. The zero-order valence-corrected chi connectivity index (χ0v) is 18.2. The number of hydrogen-bond acceptors (Lipinski definition) is 4. The second-order valence-corrected chi connectivity index (χ2v) is 8.37. The van der Waals surface area contributed by atoms with E-state index in [1.165, 1.54) is 5.56 Å². The number of aromatic nitrogens is 2. The van der Waals surface area contributed by atoms with Crippen LogP contribution in [0.2, 0.25) is 5.15 Å². The summed E-state index contributed by atoms with van der Waals surface area (Å²) in [6, 6.07) is 8.16. The minimum atomic E-state index is -0.316. The molecular weight excluding hydrogens is 404 g/mol. The van der Waals surface area contributed by atoms with Gasteiger partial charge in [-0.2, -0.15) is 5.10 Å². The molecule has 30 heavy (non-hydrogen) atoms. The SMILES string of the molecule is Cc1ccc(Cn2nc(C)c(C(=O)N3CCN(C(=O)[C@@H]4CCCO4)CC3)c2Cl)cc1. The molecule has 1 aromatic carbocycles. The van der Waals surface area contributed by atoms with E-state index in [2.05, 4.69) is 5.10 Å². The van der Waals surface area contributed by atoms with E-state index in [0.717, 1.165) is 18.4 Å². The van der Waals surface area contributed by atoms with Crippen molar-refractivity contribution in [3.05, 3.63) is 51.8 Å². The number of rotatable bonds is 4. The Morgan fingerprint density at radius 3 is 2.40 bits per heavy atom. The van der Waals surface area contributed by atoms with Crippen LogP contribution in [0.1, 0.15) is 40.0 Å². The Morgan fingerprint density at radius 1 is 1.10 bits per heavy atom. The predicted molar refractivity (Wildman–Crippen MR) is 114 cm³/mol. The lowest BCUT2D eigenvalue weighted by atomic mass is 10.1. The van der Waals surface area contributed by atoms with Gasteiger partial charge >= 0.3 is 0 Å². The van der Waals surface area contributed by atoms with Gasteiger partial charge in [-0.1, -0.05) is 41.4 Å². The molecule has 2 aromatic rings. The molecule has 4 rings (SSSR count). The smallest absolute Gasteiger partial charge is 0.259 e. The number of piperazine rings is 1. The van der Waals surface area contributed by atoms with Crippen LogP contribution in [0.15, 0.2) is 24.3 Å². The minimum absolute atomic E-state index is 0.0414. The van der Waals surface area contributed by atoms with Crippen LogP contribution in [0.25, 0.3) is 0 Å². The molecule has 160 valence electrons. The molecule has 0 bridgehead atoms. The summed E-state index contributed by atoms with van der Waals surface area (Å²) in [5.74, 6) is -0.0865. The number of nitrogens with zero attached hydrogens (tertiary/aromatic N) is 4. The Labute approximate surface area is 181 Å². The standard InChI is InChI=1S/C22H27ClN4O3/c1-15-5-7-17(8-6-15)14-27-20(23)19(16(2)24-27)22(29)26-11-9-25(10-12-26)21(28)18-4-3-13-30-18/h5-8,18H,3-4,9-14H2,1-2H3/t18-/m0/s1. The third-order valence-electron chi connectivity index (χ3n) is 5.82. The van der Waals surface area contributed by atoms with E-state index >= 15 is 0 Å². The highest BCUT2D eigenvalue weighted by Crippen LogP contribution is 2.24. The molecule has 0 radical (unpaired) electrons. The molecule has 2 saturated heterocycles. The van der Waals surface area contributed by atoms with Crippen LogP contribution >= 0.6 is 11.6 Å². The van der Waals surface area contributed by atoms with E-state index in [1.807, 2.05) is 38.1 Å². The number of amides is 2. The summed E-state index contributed by atoms with van der Waals surface area (Å²) in [5, 5.41) is 4.85. The van der Waals surface area contributed by atoms with Crippen LogP contribution < -0.4 is 0 Å². The molecule has 2 aliphatic heterocycles. The van der Waals surface area contributed by atoms with Crippen LogP contribution in [0.5, 0.6) is 0 Å². The summed E-state index contributed by atoms with van der Waals surface area (Å²) in [7, 11) is 0. The Morgan fingerprint density at radius 2 is 1.77 bits per heavy atom. The summed E-state index contributed by atoms with van der Waals surface area (Å²) < 4.78 is 7.17. The molecule has 2 fully saturated rings. The van der Waals surface area contributed by atoms with Crippen molar-refractivity contribution in [3.63, 3.8) is 0 Å². The first kappa shape index (κ1) is 20.9. The molecule has 0 saturated carbocycles. The lowest BCUT2D eigenvalue weighted by molar-refractivity contribution is -0.142. The topological polar surface area (TPSA) is 67.7 Å². The van der Waals surface area contributed by atoms with Crippen LogP contribution in [-0.4, -0.2) is 70.3 Å². The maximum Gasteiger partial charge on any atom is 0.259 e. The Kier molecular flexibility index (Phi) is 6.11. The molecule has 3 heterocycles. The highest BCUT2D eigenvalue weighted by molar-refractivity contribution is 6.33. The van der Waals surface area contributed by atoms with Crippen molar-refractivity contribution in [2.75, 3.05) is 32.8 Å². The second-order valence-electron chi connectivity index (χ2n) is 8.01. The molecule has 2 amide bonds. The molecule has 1 aromatic heterocycles. The normalized spacial score (nSPS) is 19.4. The monoisotopic (exact) mass is 430 g/mol. The van der Waals surface area contributed by atoms with Gasteiger partial charge in [-0.05, 0) is 32.3 Å². The Balaban J connectivity index is 1.42. The van der Waals surface area contributed by atoms with Gasteiger partial charge < -0.3 is 14.5 Å². The number of hydrogen-bond donors (Lipinski definition) is 0. The number of benzene rings is 1. The summed E-state index contributed by atoms with van der Waals surface area (Å²) in [6.07, 6.45) is 1.40. The van der Waals surface area contributed by atoms with Crippen LogP contribution in [0, 0.1) is 13.8 Å². The number of carbonyl (C=O) groups is 2. The maximum atomic E-state index is 13.1. The lowest BCUT2D eigenvalue weighted by Gasteiger charge is -2.35. The van der Waals surface area contributed by atoms with Crippen molar-refractivity contribution in [1.29, 1.82) is 0 Å². The number of carbonyl (C=O) groups excluding carboxylic acids is 2. The largest absolute Gasteiger partial charge is 0.368 e. The van der Waals surface area contributed by atoms with Gasteiger partial charge in [0.15, 0.2) is 0 Å². The summed E-state index contributed by atoms with van der Waals surface area (Å²) in [4.78, 5) is 29.2. The third kappa shape index (κ3) is 4.23. The zero-order chi connectivity index (χ0) is 21.3. The van der Waals surface area contributed by atoms with Crippen molar-refractivity contribution >= 4 is 23.4 Å². The fraction of sp³-hybridized carbons (Fsp3) is 0.500. The second kappa shape index (κ2) is 8.78. The summed E-state index contributed by atoms with van der Waals surface area (Å²) in [6.45, 7) is 7.00. The Bertz CT molecular complexity index is 927. The molecule has 0 spiro atoms. The summed E-state index contributed by atoms with van der Waals surface area (Å²) >= 11 is 6.56. The average molecular weight is 431 g/mol. The number of halogens is 1. The first-order chi connectivity index (χ1) is 14.4. The fourth-order valence-electron chi connectivity index (χ4n) is 4.03. The molecular formula is C22H27ClN4O3. The van der Waals surface area contributed by atoms with Gasteiger partial charge in [-0.25, -0.2) is 4.68 Å². The van der Waals surface area contributed by atoms with Gasteiger partial charge in [0, 0.05) is 32.8 Å². The third-order valence-corrected chi connectivity index (χ3v) is 6.20. The zero-order valence-electron chi connectivity index (χ0n) is 17.4. The lowest BCUT2D eigenvalue weighted by Crippen LogP contribution is -2.52. The van der Waals surface area contributed by atoms with Crippen molar-refractivity contribution in [2.45, 2.75) is 39.3 Å². The molecule has 1 atom stereocenters. The first-order valence-electron chi connectivity index (χ1n) is 10.4. The Hall–Kier alpha value is -2.38. The van der Waals surface area contributed by atoms with Gasteiger partial charge in [-0.15, -0.1) is 0 Å². The molecule has 8 heteroatoms. The van der Waals surface area contributed by atoms with Gasteiger partial charge in [0.05, 0.1) is 17.8 Å². The minimum Gasteiger partial charge on any atom is -0.368 e. The molecule has 7 nitrogen and oxygen atoms in total. The van der Waals surface area contributed by atoms with Gasteiger partial charge in [0.25, 0.3) is 11.8 Å². The molecule has 0 N–H and O–H groups in total. The quantitative estimate of drug-likeness (QED) is 0.747. The highest BCUT2D eigenvalue weighted by Gasteiger charge is 2.33. The van der Waals surface area contributed by atoms with Crippen LogP contribution in [0.4, 0.5) is 0 Å². The van der Waals surface area contributed by atoms with E-state index < -0.39 is 0 Å². The fourth-order valence-corrected chi connectivity index (χ4v) is 4.35. The highest BCUT2D eigenvalue weighted by atomic mass is 35.5. The predicted octanol–water partition coefficient (Wildman–Crippen LogP) is 2.67. The van der Waals surface area contributed by atoms with Crippen LogP contribution in [0.3, 0.4) is 0 Å². The number of aryl methyl sites for hydroxylation is 2. The van der Waals surface area contributed by atoms with E-state index in [0.29, 0.717) is 55.7 Å². The van der Waals surface area contributed by atoms with Crippen molar-refractivity contribution in [2.24, 2.45) is 0 Å². The van der Waals surface area contributed by atoms with Crippen molar-refractivity contribution < 1.29 is 14.3 Å². The van der Waals surface area contributed by atoms with Gasteiger partial charge in [0.2, 0.25) is 0 Å². The van der Waals surface area contributed by atoms with Crippen LogP contribution in [-0.2, 0) is 16.1 Å². The van der Waals surface area contributed by atoms with E-state index in [1.54, 1.807) is 14.5 Å². The number of ether oxygens (including phenoxy) is 1. The van der Waals surface area contributed by atoms with Gasteiger partial charge in [0.1, 0.15) is 11.3 Å². The average Bonchev–Trinajstić information content (AvgIpc) is 3.37.